The molecular weight excluding hydrogens is 703 g/mol. The van der Waals surface area contributed by atoms with Gasteiger partial charge in [0.1, 0.15) is 5.75 Å². The maximum absolute atomic E-state index is 13.5. The minimum atomic E-state index is -0.192. The summed E-state index contributed by atoms with van der Waals surface area (Å²) in [6.45, 7) is 1.73. The Morgan fingerprint density at radius 1 is 0.741 bits per heavy atom. The van der Waals surface area contributed by atoms with Crippen molar-refractivity contribution in [2.45, 2.75) is 37.8 Å². The van der Waals surface area contributed by atoms with Crippen molar-refractivity contribution in [1.29, 1.82) is 0 Å². The molecule has 1 aromatic heterocycles. The summed E-state index contributed by atoms with van der Waals surface area (Å²) in [6.07, 6.45) is 2.98. The van der Waals surface area contributed by atoms with E-state index in [4.69, 9.17) is 28.4 Å². The van der Waals surface area contributed by atoms with Gasteiger partial charge in [-0.25, -0.2) is 0 Å². The highest BCUT2D eigenvalue weighted by Gasteiger charge is 2.35. The summed E-state index contributed by atoms with van der Waals surface area (Å²) in [4.78, 5) is 18.9. The second kappa shape index (κ2) is 14.9. The van der Waals surface area contributed by atoms with Crippen LogP contribution in [0.1, 0.15) is 55.1 Å². The second-order valence-corrected chi connectivity index (χ2v) is 15.0. The first-order valence-electron chi connectivity index (χ1n) is 18.2. The quantitative estimate of drug-likeness (QED) is 0.184. The molecule has 0 saturated carbocycles. The van der Waals surface area contributed by atoms with E-state index >= 15 is 0 Å². The van der Waals surface area contributed by atoms with Crippen LogP contribution in [0.2, 0.25) is 0 Å². The number of methoxy groups -OCH3 is 4. The third-order valence-electron chi connectivity index (χ3n) is 11.0. The fourth-order valence-corrected chi connectivity index (χ4v) is 8.67. The Balaban J connectivity index is 1.36. The van der Waals surface area contributed by atoms with E-state index in [0.717, 1.165) is 49.0 Å². The molecule has 0 unspecified atom stereocenters. The lowest BCUT2D eigenvalue weighted by Gasteiger charge is -2.37. The standard InChI is InChI=1S/C43H45N3O7S/c1-45-15-13-26-20-34(48-3)37-23-30(26)32(45)18-25-9-11-29(12-10-25)52-36-22-28(31(24-35(36)49-4)44-43(47)39-8-7-17-54-39)19-33-40-27(14-16-46(33)2)21-38(50-5)41(51-6)42(40)53-37/h7-12,17,20-24,32-33H,13-16,18-19H2,1-6H3,(H,44,47)/t32-,33-/m0/s1. The SMILES string of the molecule is COc1cc(NC(=O)c2cccs2)c2cc1Oc1ccc(cc1)C[C@H]1c3cc(c(OC)cc3CCN1C)Oc1c(OC)c(OC)cc3c1[C@H](C2)N(C)CC3. The molecule has 9 rings (SSSR count). The smallest absolute Gasteiger partial charge is 0.265 e. The zero-order chi connectivity index (χ0) is 37.5. The lowest BCUT2D eigenvalue weighted by molar-refractivity contribution is 0.103. The van der Waals surface area contributed by atoms with Gasteiger partial charge in [0.15, 0.2) is 34.5 Å². The molecule has 0 fully saturated rings. The molecular formula is C43H45N3O7S. The van der Waals surface area contributed by atoms with Crippen LogP contribution in [0, 0.1) is 0 Å². The average molecular weight is 748 g/mol. The van der Waals surface area contributed by atoms with Crippen LogP contribution < -0.4 is 33.7 Å². The van der Waals surface area contributed by atoms with Gasteiger partial charge in [0.25, 0.3) is 5.91 Å². The number of fused-ring (bicyclic) bond motifs is 2. The summed E-state index contributed by atoms with van der Waals surface area (Å²) in [5.74, 6) is 4.50. The van der Waals surface area contributed by atoms with E-state index in [2.05, 4.69) is 59.5 Å². The van der Waals surface area contributed by atoms with Crippen LogP contribution >= 0.6 is 11.3 Å². The largest absolute Gasteiger partial charge is 0.493 e. The molecule has 5 heterocycles. The van der Waals surface area contributed by atoms with Gasteiger partial charge >= 0.3 is 0 Å². The number of nitrogens with zero attached hydrogens (tertiary/aromatic N) is 2. The summed E-state index contributed by atoms with van der Waals surface area (Å²) in [6, 6.07) is 22.0. The van der Waals surface area contributed by atoms with Gasteiger partial charge < -0.3 is 33.7 Å². The Kier molecular flexibility index (Phi) is 9.87. The summed E-state index contributed by atoms with van der Waals surface area (Å²) in [5, 5.41) is 5.08. The Morgan fingerprint density at radius 2 is 1.43 bits per heavy atom. The maximum Gasteiger partial charge on any atom is 0.265 e. The van der Waals surface area contributed by atoms with Gasteiger partial charge in [-0.15, -0.1) is 11.3 Å². The number of thiophene rings is 1. The number of likely N-dealkylation sites (N-methyl/N-ethyl adjacent to an activating group) is 2. The molecule has 10 nitrogen and oxygen atoms in total. The molecule has 54 heavy (non-hydrogen) atoms. The molecule has 6 bridgehead atoms. The Hall–Kier alpha value is -5.23. The summed E-state index contributed by atoms with van der Waals surface area (Å²) in [7, 11) is 10.9. The fourth-order valence-electron chi connectivity index (χ4n) is 8.05. The van der Waals surface area contributed by atoms with Crippen molar-refractivity contribution >= 4 is 22.9 Å². The molecule has 0 saturated heterocycles. The normalized spacial score (nSPS) is 18.0. The van der Waals surface area contributed by atoms with E-state index in [1.54, 1.807) is 28.4 Å². The summed E-state index contributed by atoms with van der Waals surface area (Å²) >= 11 is 1.39. The van der Waals surface area contributed by atoms with E-state index in [9.17, 15) is 4.79 Å². The van der Waals surface area contributed by atoms with E-state index in [-0.39, 0.29) is 18.0 Å². The van der Waals surface area contributed by atoms with Crippen molar-refractivity contribution in [3.05, 3.63) is 110 Å². The van der Waals surface area contributed by atoms with Crippen LogP contribution in [-0.4, -0.2) is 71.3 Å². The molecule has 4 aliphatic heterocycles. The molecule has 1 amide bonds. The van der Waals surface area contributed by atoms with Crippen molar-refractivity contribution < 1.29 is 33.2 Å². The molecule has 0 spiro atoms. The van der Waals surface area contributed by atoms with Gasteiger partial charge in [0.2, 0.25) is 5.75 Å². The van der Waals surface area contributed by atoms with E-state index in [0.29, 0.717) is 63.0 Å². The van der Waals surface area contributed by atoms with Gasteiger partial charge in [-0.2, -0.15) is 0 Å². The molecule has 0 aliphatic carbocycles. The third kappa shape index (κ3) is 6.61. The predicted molar refractivity (Wildman–Crippen MR) is 210 cm³/mol. The van der Waals surface area contributed by atoms with Gasteiger partial charge in [-0.3, -0.25) is 14.6 Å². The predicted octanol–water partition coefficient (Wildman–Crippen LogP) is 8.48. The Labute approximate surface area is 320 Å². The number of amides is 1. The van der Waals surface area contributed by atoms with Crippen molar-refractivity contribution in [2.24, 2.45) is 0 Å². The number of anilines is 1. The number of benzene rings is 4. The minimum Gasteiger partial charge on any atom is -0.493 e. The number of hydrogen-bond donors (Lipinski definition) is 1. The maximum atomic E-state index is 13.5. The Bertz CT molecular complexity index is 2190. The van der Waals surface area contributed by atoms with Crippen LogP contribution in [0.25, 0.3) is 0 Å². The summed E-state index contributed by atoms with van der Waals surface area (Å²) in [5.41, 5.74) is 7.23. The number of ether oxygens (including phenoxy) is 6. The monoisotopic (exact) mass is 747 g/mol. The van der Waals surface area contributed by atoms with Gasteiger partial charge in [-0.1, -0.05) is 18.2 Å². The van der Waals surface area contributed by atoms with Crippen LogP contribution in [0.3, 0.4) is 0 Å². The third-order valence-corrected chi connectivity index (χ3v) is 11.9. The molecule has 2 atom stereocenters. The van der Waals surface area contributed by atoms with Crippen molar-refractivity contribution in [2.75, 3.05) is 60.9 Å². The molecule has 11 heteroatoms. The number of carbonyl (C=O) groups excluding carboxylic acids is 1. The van der Waals surface area contributed by atoms with Crippen molar-refractivity contribution in [3.63, 3.8) is 0 Å². The molecule has 4 aliphatic rings. The zero-order valence-electron chi connectivity index (χ0n) is 31.5. The van der Waals surface area contributed by atoms with Crippen LogP contribution in [0.15, 0.2) is 72.1 Å². The molecule has 1 N–H and O–H groups in total. The minimum absolute atomic E-state index is 0.118. The van der Waals surface area contributed by atoms with Crippen molar-refractivity contribution in [3.8, 4) is 46.0 Å². The van der Waals surface area contributed by atoms with Gasteiger partial charge in [0.05, 0.1) is 33.3 Å². The molecule has 280 valence electrons. The van der Waals surface area contributed by atoms with Crippen LogP contribution in [0.5, 0.6) is 46.0 Å². The van der Waals surface area contributed by atoms with E-state index in [1.165, 1.54) is 28.0 Å². The second-order valence-electron chi connectivity index (χ2n) is 14.1. The number of nitrogens with one attached hydrogen (secondary N) is 1. The molecule has 5 aromatic rings. The highest BCUT2D eigenvalue weighted by Crippen LogP contribution is 2.52. The number of carbonyl (C=O) groups is 1. The first-order chi connectivity index (χ1) is 26.3. The van der Waals surface area contributed by atoms with Crippen molar-refractivity contribution in [1.82, 2.24) is 9.80 Å². The average Bonchev–Trinajstić information content (AvgIpc) is 3.73. The van der Waals surface area contributed by atoms with E-state index < -0.39 is 0 Å². The highest BCUT2D eigenvalue weighted by atomic mass is 32.1. The summed E-state index contributed by atoms with van der Waals surface area (Å²) < 4.78 is 37.6. The number of hydrogen-bond acceptors (Lipinski definition) is 10. The molecule has 4 aromatic carbocycles. The van der Waals surface area contributed by atoms with Crippen LogP contribution in [0.4, 0.5) is 5.69 Å². The lowest BCUT2D eigenvalue weighted by atomic mass is 9.86. The zero-order valence-corrected chi connectivity index (χ0v) is 32.3. The molecule has 0 radical (unpaired) electrons. The highest BCUT2D eigenvalue weighted by molar-refractivity contribution is 7.12. The lowest BCUT2D eigenvalue weighted by Crippen LogP contribution is -2.34. The Morgan fingerprint density at radius 3 is 2.13 bits per heavy atom. The topological polar surface area (TPSA) is 91.0 Å². The van der Waals surface area contributed by atoms with E-state index in [1.807, 2.05) is 41.8 Å². The van der Waals surface area contributed by atoms with Gasteiger partial charge in [-0.05, 0) is 115 Å². The van der Waals surface area contributed by atoms with Gasteiger partial charge in [0, 0.05) is 42.5 Å². The first kappa shape index (κ1) is 35.8. The first-order valence-corrected chi connectivity index (χ1v) is 19.1. The number of rotatable bonds is 6. The fraction of sp³-hybridized carbons (Fsp3) is 0.326. The van der Waals surface area contributed by atoms with Crippen LogP contribution in [-0.2, 0) is 25.7 Å².